The Morgan fingerprint density at radius 3 is 2.56 bits per heavy atom. The molecule has 3 aliphatic rings. The van der Waals surface area contributed by atoms with Crippen LogP contribution in [0.4, 0.5) is 11.4 Å². The van der Waals surface area contributed by atoms with Crippen molar-refractivity contribution in [3.05, 3.63) is 66.6 Å². The molecule has 3 atom stereocenters. The lowest BCUT2D eigenvalue weighted by molar-refractivity contribution is -0.133. The first kappa shape index (κ1) is 27.0. The van der Waals surface area contributed by atoms with Gasteiger partial charge in [-0.05, 0) is 67.9 Å². The smallest absolute Gasteiger partial charge is 0.272 e. The van der Waals surface area contributed by atoms with Gasteiger partial charge in [0.2, 0.25) is 11.8 Å². The summed E-state index contributed by atoms with van der Waals surface area (Å²) in [5, 5.41) is 13.1. The Labute approximate surface area is 248 Å². The molecule has 5 heterocycles. The maximum absolute atomic E-state index is 13.3. The molecule has 0 radical (unpaired) electrons. The lowest BCUT2D eigenvalue weighted by Crippen LogP contribution is -2.51. The first-order valence-electron chi connectivity index (χ1n) is 14.6. The number of anilines is 2. The van der Waals surface area contributed by atoms with Crippen molar-refractivity contribution >= 4 is 40.0 Å². The summed E-state index contributed by atoms with van der Waals surface area (Å²) >= 11 is 0. The van der Waals surface area contributed by atoms with Crippen molar-refractivity contribution < 1.29 is 14.4 Å². The van der Waals surface area contributed by atoms with E-state index in [9.17, 15) is 14.4 Å². The van der Waals surface area contributed by atoms with E-state index in [1.165, 1.54) is 0 Å². The van der Waals surface area contributed by atoms with Crippen LogP contribution in [-0.2, 0) is 9.59 Å². The van der Waals surface area contributed by atoms with Gasteiger partial charge in [-0.25, -0.2) is 9.97 Å². The minimum Gasteiger partial charge on any atom is -0.365 e. The van der Waals surface area contributed by atoms with Crippen molar-refractivity contribution in [3.63, 3.8) is 0 Å². The number of fused-ring (bicyclic) bond motifs is 3. The molecule has 0 aliphatic carbocycles. The van der Waals surface area contributed by atoms with E-state index < -0.39 is 0 Å². The molecule has 0 spiro atoms. The number of nitrogens with one attached hydrogen (secondary N) is 3. The Morgan fingerprint density at radius 2 is 1.81 bits per heavy atom. The maximum Gasteiger partial charge on any atom is 0.272 e. The highest BCUT2D eigenvalue weighted by molar-refractivity contribution is 6.06. The molecule has 3 saturated heterocycles. The Hall–Kier alpha value is -4.84. The van der Waals surface area contributed by atoms with Gasteiger partial charge < -0.3 is 20.4 Å². The molecule has 0 unspecified atom stereocenters. The number of aromatic nitrogens is 4. The van der Waals surface area contributed by atoms with Crippen molar-refractivity contribution in [3.8, 4) is 11.4 Å². The fraction of sp³-hybridized carbons (Fsp3) is 0.355. The van der Waals surface area contributed by atoms with Crippen LogP contribution in [0.5, 0.6) is 0 Å². The number of benzene rings is 2. The van der Waals surface area contributed by atoms with Gasteiger partial charge in [0.1, 0.15) is 0 Å². The molecule has 0 saturated carbocycles. The number of rotatable bonds is 7. The van der Waals surface area contributed by atoms with E-state index in [1.54, 1.807) is 37.6 Å². The van der Waals surface area contributed by atoms with Gasteiger partial charge in [-0.15, -0.1) is 0 Å². The molecule has 12 nitrogen and oxygen atoms in total. The third-order valence-corrected chi connectivity index (χ3v) is 8.86. The Balaban J connectivity index is 0.915. The predicted molar refractivity (Wildman–Crippen MR) is 161 cm³/mol. The minimum atomic E-state index is -0.294. The summed E-state index contributed by atoms with van der Waals surface area (Å²) in [6.07, 6.45) is 5.16. The molecule has 2 aromatic carbocycles. The van der Waals surface area contributed by atoms with Crippen molar-refractivity contribution in [2.45, 2.75) is 24.9 Å². The highest BCUT2D eigenvalue weighted by atomic mass is 16.2. The molecule has 3 fully saturated rings. The fourth-order valence-corrected chi connectivity index (χ4v) is 6.64. The highest BCUT2D eigenvalue weighted by Gasteiger charge is 2.45. The number of hydrogen-bond donors (Lipinski definition) is 3. The van der Waals surface area contributed by atoms with E-state index >= 15 is 0 Å². The van der Waals surface area contributed by atoms with E-state index in [0.717, 1.165) is 36.3 Å². The summed E-state index contributed by atoms with van der Waals surface area (Å²) in [5.74, 6) is 0.262. The number of amides is 3. The lowest BCUT2D eigenvalue weighted by Gasteiger charge is -2.36. The number of H-pyrrole nitrogens is 1. The average Bonchev–Trinajstić information content (AvgIpc) is 3.85. The van der Waals surface area contributed by atoms with Crippen LogP contribution in [0.1, 0.15) is 23.3 Å². The molecule has 43 heavy (non-hydrogen) atoms. The molecular formula is C31H33N9O3. The SMILES string of the molecule is CNC(=O)c1n[nH]c2ccc(NC(=O)[C@@H]3CCN(CC(=O)N4C[C@@H]5C[C@H]4CN5c4ccc(-c5ncccn5)cc4)C3)cc12. The van der Waals surface area contributed by atoms with Crippen LogP contribution in [0, 0.1) is 5.92 Å². The lowest BCUT2D eigenvalue weighted by atomic mass is 10.1. The van der Waals surface area contributed by atoms with Crippen molar-refractivity contribution in [1.29, 1.82) is 0 Å². The first-order chi connectivity index (χ1) is 21.0. The second kappa shape index (κ2) is 11.1. The van der Waals surface area contributed by atoms with Gasteiger partial charge >= 0.3 is 0 Å². The van der Waals surface area contributed by atoms with Gasteiger partial charge in [0.25, 0.3) is 5.91 Å². The molecule has 12 heteroatoms. The van der Waals surface area contributed by atoms with Gasteiger partial charge in [-0.1, -0.05) is 0 Å². The normalized spacial score (nSPS) is 21.5. The molecule has 2 aromatic heterocycles. The van der Waals surface area contributed by atoms with E-state index in [-0.39, 0.29) is 35.4 Å². The summed E-state index contributed by atoms with van der Waals surface area (Å²) in [4.78, 5) is 53.7. The van der Waals surface area contributed by atoms with E-state index in [0.29, 0.717) is 49.0 Å². The minimum absolute atomic E-state index is 0.0833. The summed E-state index contributed by atoms with van der Waals surface area (Å²) in [6.45, 7) is 3.12. The van der Waals surface area contributed by atoms with E-state index in [1.807, 2.05) is 11.0 Å². The number of piperazine rings is 1. The van der Waals surface area contributed by atoms with Crippen LogP contribution < -0.4 is 15.5 Å². The monoisotopic (exact) mass is 579 g/mol. The maximum atomic E-state index is 13.3. The first-order valence-corrected chi connectivity index (χ1v) is 14.6. The van der Waals surface area contributed by atoms with Gasteiger partial charge in [-0.3, -0.25) is 24.4 Å². The molecule has 220 valence electrons. The topological polar surface area (TPSA) is 139 Å². The fourth-order valence-electron chi connectivity index (χ4n) is 6.64. The predicted octanol–water partition coefficient (Wildman–Crippen LogP) is 2.13. The standard InChI is InChI=1S/C31H33N9O3/c1-32-31(43)28-25-13-21(5-8-26(25)36-37-28)35-30(42)20-9-12-38(15-20)18-27(41)40-17-23-14-24(40)16-39(23)22-6-3-19(4-7-22)29-33-10-2-11-34-29/h2-8,10-11,13,20,23-24H,9,12,14-18H2,1H3,(H,32,43)(H,35,42)(H,36,37)/t20-,23+,24+/m1/s1. The highest BCUT2D eigenvalue weighted by Crippen LogP contribution is 2.35. The zero-order valence-electron chi connectivity index (χ0n) is 23.9. The van der Waals surface area contributed by atoms with Gasteiger partial charge in [0.05, 0.1) is 24.0 Å². The summed E-state index contributed by atoms with van der Waals surface area (Å²) in [5.41, 5.74) is 3.76. The molecule has 3 N–H and O–H groups in total. The zero-order valence-corrected chi connectivity index (χ0v) is 23.9. The quantitative estimate of drug-likeness (QED) is 0.303. The zero-order chi connectivity index (χ0) is 29.5. The van der Waals surface area contributed by atoms with Crippen molar-refractivity contribution in [1.82, 2.24) is 35.3 Å². The Morgan fingerprint density at radius 1 is 1.00 bits per heavy atom. The number of carbonyl (C=O) groups is 3. The molecule has 4 aromatic rings. The van der Waals surface area contributed by atoms with Crippen LogP contribution in [0.25, 0.3) is 22.3 Å². The van der Waals surface area contributed by atoms with Gasteiger partial charge in [-0.2, -0.15) is 5.10 Å². The Kier molecular flexibility index (Phi) is 6.98. The third kappa shape index (κ3) is 5.18. The Bertz CT molecular complexity index is 1670. The molecule has 3 aliphatic heterocycles. The van der Waals surface area contributed by atoms with Crippen LogP contribution in [0.2, 0.25) is 0 Å². The number of hydrogen-bond acceptors (Lipinski definition) is 8. The number of nitrogens with zero attached hydrogens (tertiary/aromatic N) is 6. The molecule has 2 bridgehead atoms. The van der Waals surface area contributed by atoms with E-state index in [4.69, 9.17) is 0 Å². The number of carbonyl (C=O) groups excluding carboxylic acids is 3. The number of likely N-dealkylation sites (tertiary alicyclic amines) is 2. The van der Waals surface area contributed by atoms with Crippen molar-refractivity contribution in [2.75, 3.05) is 50.0 Å². The van der Waals surface area contributed by atoms with Crippen molar-refractivity contribution in [2.24, 2.45) is 5.92 Å². The van der Waals surface area contributed by atoms with Crippen LogP contribution in [-0.4, -0.2) is 99.5 Å². The molecule has 3 amide bonds. The third-order valence-electron chi connectivity index (χ3n) is 8.86. The summed E-state index contributed by atoms with van der Waals surface area (Å²) in [6, 6.07) is 16.0. The largest absolute Gasteiger partial charge is 0.365 e. The molecule has 7 rings (SSSR count). The summed E-state index contributed by atoms with van der Waals surface area (Å²) in [7, 11) is 1.55. The van der Waals surface area contributed by atoms with Gasteiger partial charge in [0.15, 0.2) is 11.5 Å². The summed E-state index contributed by atoms with van der Waals surface area (Å²) < 4.78 is 0. The van der Waals surface area contributed by atoms with Gasteiger partial charge in [0, 0.05) is 67.4 Å². The van der Waals surface area contributed by atoms with Crippen LogP contribution >= 0.6 is 0 Å². The van der Waals surface area contributed by atoms with Crippen LogP contribution in [0.3, 0.4) is 0 Å². The van der Waals surface area contributed by atoms with E-state index in [2.05, 4.69) is 64.9 Å². The molecular weight excluding hydrogens is 546 g/mol. The average molecular weight is 580 g/mol. The second-order valence-corrected chi connectivity index (χ2v) is 11.5. The number of aromatic amines is 1. The second-order valence-electron chi connectivity index (χ2n) is 11.5. The van der Waals surface area contributed by atoms with Crippen LogP contribution in [0.15, 0.2) is 60.9 Å².